The van der Waals surface area contributed by atoms with Gasteiger partial charge in [0.1, 0.15) is 0 Å². The highest BCUT2D eigenvalue weighted by atomic mass is 16.5. The van der Waals surface area contributed by atoms with Crippen molar-refractivity contribution >= 4 is 5.91 Å². The summed E-state index contributed by atoms with van der Waals surface area (Å²) >= 11 is 0. The molecule has 0 saturated carbocycles. The molecule has 0 bridgehead atoms. The number of benzene rings is 1. The van der Waals surface area contributed by atoms with Gasteiger partial charge in [-0.2, -0.15) is 5.10 Å². The van der Waals surface area contributed by atoms with Gasteiger partial charge in [-0.3, -0.25) is 9.59 Å². The average molecular weight is 329 g/mol. The standard InChI is InChI=1S/C18H23N3O3/c1-14-5-7-15(8-6-14)16-9-10-18(23)21(20-16)12-3-4-17(22)19-11-13-24-2/h5-10H,3-4,11-13H2,1-2H3,(H,19,22). The molecule has 1 amide bonds. The second kappa shape index (κ2) is 8.98. The highest BCUT2D eigenvalue weighted by Crippen LogP contribution is 2.15. The van der Waals surface area contributed by atoms with Gasteiger partial charge in [0, 0.05) is 38.2 Å². The Kier molecular flexibility index (Phi) is 6.69. The van der Waals surface area contributed by atoms with Crippen LogP contribution in [0.15, 0.2) is 41.2 Å². The number of rotatable bonds is 8. The van der Waals surface area contributed by atoms with Crippen LogP contribution in [0.2, 0.25) is 0 Å². The second-order valence-corrected chi connectivity index (χ2v) is 5.59. The van der Waals surface area contributed by atoms with Crippen LogP contribution in [0.25, 0.3) is 11.3 Å². The molecule has 0 saturated heterocycles. The van der Waals surface area contributed by atoms with Gasteiger partial charge in [-0.1, -0.05) is 29.8 Å². The third kappa shape index (κ3) is 5.31. The summed E-state index contributed by atoms with van der Waals surface area (Å²) in [5.74, 6) is -0.0465. The number of nitrogens with one attached hydrogen (secondary N) is 1. The Morgan fingerprint density at radius 1 is 1.21 bits per heavy atom. The lowest BCUT2D eigenvalue weighted by molar-refractivity contribution is -0.121. The zero-order valence-corrected chi connectivity index (χ0v) is 14.1. The molecular weight excluding hydrogens is 306 g/mol. The molecule has 0 spiro atoms. The van der Waals surface area contributed by atoms with Crippen LogP contribution in [0, 0.1) is 6.92 Å². The van der Waals surface area contributed by atoms with Crippen molar-refractivity contribution in [2.24, 2.45) is 0 Å². The lowest BCUT2D eigenvalue weighted by Gasteiger charge is -2.08. The maximum atomic E-state index is 11.9. The van der Waals surface area contributed by atoms with E-state index in [9.17, 15) is 9.59 Å². The number of aromatic nitrogens is 2. The summed E-state index contributed by atoms with van der Waals surface area (Å²) in [5.41, 5.74) is 2.73. The van der Waals surface area contributed by atoms with Crippen LogP contribution >= 0.6 is 0 Å². The summed E-state index contributed by atoms with van der Waals surface area (Å²) in [4.78, 5) is 23.6. The molecule has 0 atom stereocenters. The van der Waals surface area contributed by atoms with Crippen LogP contribution in [-0.4, -0.2) is 35.9 Å². The number of carbonyl (C=O) groups excluding carboxylic acids is 1. The number of aryl methyl sites for hydroxylation is 2. The van der Waals surface area contributed by atoms with Gasteiger partial charge >= 0.3 is 0 Å². The molecule has 0 aliphatic heterocycles. The van der Waals surface area contributed by atoms with Crippen LogP contribution in [0.1, 0.15) is 18.4 Å². The lowest BCUT2D eigenvalue weighted by atomic mass is 10.1. The number of carbonyl (C=O) groups is 1. The smallest absolute Gasteiger partial charge is 0.266 e. The molecule has 128 valence electrons. The minimum atomic E-state index is -0.161. The van der Waals surface area contributed by atoms with E-state index in [4.69, 9.17) is 4.74 Å². The van der Waals surface area contributed by atoms with E-state index < -0.39 is 0 Å². The first kappa shape index (κ1) is 17.9. The van der Waals surface area contributed by atoms with Gasteiger partial charge in [-0.25, -0.2) is 4.68 Å². The number of amides is 1. The zero-order chi connectivity index (χ0) is 17.4. The molecule has 0 aliphatic rings. The van der Waals surface area contributed by atoms with Crippen LogP contribution in [0.4, 0.5) is 0 Å². The predicted octanol–water partition coefficient (Wildman–Crippen LogP) is 1.76. The van der Waals surface area contributed by atoms with Crippen molar-refractivity contribution in [3.8, 4) is 11.3 Å². The van der Waals surface area contributed by atoms with Crippen molar-refractivity contribution in [3.63, 3.8) is 0 Å². The normalized spacial score (nSPS) is 10.6. The van der Waals surface area contributed by atoms with Crippen LogP contribution < -0.4 is 10.9 Å². The Labute approximate surface area is 141 Å². The fraction of sp³-hybridized carbons (Fsp3) is 0.389. The van der Waals surface area contributed by atoms with Crippen LogP contribution in [0.5, 0.6) is 0 Å². The predicted molar refractivity (Wildman–Crippen MR) is 92.8 cm³/mol. The van der Waals surface area contributed by atoms with E-state index in [1.54, 1.807) is 13.2 Å². The third-order valence-corrected chi connectivity index (χ3v) is 3.62. The van der Waals surface area contributed by atoms with Crippen molar-refractivity contribution in [2.75, 3.05) is 20.3 Å². The van der Waals surface area contributed by atoms with Crippen molar-refractivity contribution in [1.82, 2.24) is 15.1 Å². The van der Waals surface area contributed by atoms with Crippen molar-refractivity contribution in [3.05, 3.63) is 52.3 Å². The third-order valence-electron chi connectivity index (χ3n) is 3.62. The SMILES string of the molecule is COCCNC(=O)CCCn1nc(-c2ccc(C)cc2)ccc1=O. The largest absolute Gasteiger partial charge is 0.383 e. The molecule has 2 rings (SSSR count). The number of nitrogens with zero attached hydrogens (tertiary/aromatic N) is 2. The molecule has 1 aromatic carbocycles. The first-order chi connectivity index (χ1) is 11.6. The Balaban J connectivity index is 1.95. The average Bonchev–Trinajstić information content (AvgIpc) is 2.57. The fourth-order valence-electron chi connectivity index (χ4n) is 2.26. The van der Waals surface area contributed by atoms with Gasteiger partial charge in [0.25, 0.3) is 5.56 Å². The summed E-state index contributed by atoms with van der Waals surface area (Å²) in [6.45, 7) is 3.42. The first-order valence-corrected chi connectivity index (χ1v) is 8.01. The lowest BCUT2D eigenvalue weighted by Crippen LogP contribution is -2.28. The summed E-state index contributed by atoms with van der Waals surface area (Å²) in [5, 5.41) is 7.15. The minimum absolute atomic E-state index is 0.0465. The Morgan fingerprint density at radius 2 is 1.96 bits per heavy atom. The highest BCUT2D eigenvalue weighted by Gasteiger charge is 2.05. The Morgan fingerprint density at radius 3 is 2.67 bits per heavy atom. The van der Waals surface area contributed by atoms with E-state index in [-0.39, 0.29) is 11.5 Å². The van der Waals surface area contributed by atoms with Gasteiger partial charge in [0.15, 0.2) is 0 Å². The Bertz CT molecular complexity index is 723. The molecule has 1 N–H and O–H groups in total. The molecule has 0 aliphatic carbocycles. The van der Waals surface area contributed by atoms with Crippen molar-refractivity contribution in [1.29, 1.82) is 0 Å². The molecule has 6 heteroatoms. The van der Waals surface area contributed by atoms with E-state index in [1.165, 1.54) is 16.3 Å². The number of ether oxygens (including phenoxy) is 1. The van der Waals surface area contributed by atoms with Gasteiger partial charge in [0.2, 0.25) is 5.91 Å². The van der Waals surface area contributed by atoms with Gasteiger partial charge in [-0.05, 0) is 19.4 Å². The van der Waals surface area contributed by atoms with Crippen LogP contribution in [0.3, 0.4) is 0 Å². The Hall–Kier alpha value is -2.47. The van der Waals surface area contributed by atoms with Crippen molar-refractivity contribution < 1.29 is 9.53 Å². The molecule has 0 fully saturated rings. The van der Waals surface area contributed by atoms with Gasteiger partial charge in [-0.15, -0.1) is 0 Å². The summed E-state index contributed by atoms with van der Waals surface area (Å²) < 4.78 is 6.29. The maximum absolute atomic E-state index is 11.9. The molecular formula is C18H23N3O3. The topological polar surface area (TPSA) is 73.2 Å². The number of hydrogen-bond acceptors (Lipinski definition) is 4. The van der Waals surface area contributed by atoms with Crippen molar-refractivity contribution in [2.45, 2.75) is 26.3 Å². The van der Waals surface area contributed by atoms with E-state index in [0.717, 1.165) is 11.3 Å². The van der Waals surface area contributed by atoms with Gasteiger partial charge < -0.3 is 10.1 Å². The minimum Gasteiger partial charge on any atom is -0.383 e. The van der Waals surface area contributed by atoms with E-state index in [1.807, 2.05) is 31.2 Å². The maximum Gasteiger partial charge on any atom is 0.266 e. The number of hydrogen-bond donors (Lipinski definition) is 1. The number of methoxy groups -OCH3 is 1. The molecule has 0 unspecified atom stereocenters. The van der Waals surface area contributed by atoms with Gasteiger partial charge in [0.05, 0.1) is 12.3 Å². The van der Waals surface area contributed by atoms with E-state index in [0.29, 0.717) is 32.5 Å². The molecule has 0 radical (unpaired) electrons. The molecule has 1 heterocycles. The molecule has 24 heavy (non-hydrogen) atoms. The summed E-state index contributed by atoms with van der Waals surface area (Å²) in [7, 11) is 1.59. The zero-order valence-electron chi connectivity index (χ0n) is 14.1. The summed E-state index contributed by atoms with van der Waals surface area (Å²) in [6.07, 6.45) is 0.912. The quantitative estimate of drug-likeness (QED) is 0.749. The summed E-state index contributed by atoms with van der Waals surface area (Å²) in [6, 6.07) is 11.2. The fourth-order valence-corrected chi connectivity index (χ4v) is 2.26. The van der Waals surface area contributed by atoms with E-state index in [2.05, 4.69) is 10.4 Å². The van der Waals surface area contributed by atoms with E-state index >= 15 is 0 Å². The second-order valence-electron chi connectivity index (χ2n) is 5.59. The van der Waals surface area contributed by atoms with Crippen LogP contribution in [-0.2, 0) is 16.1 Å². The molecule has 1 aromatic heterocycles. The molecule has 2 aromatic rings. The first-order valence-electron chi connectivity index (χ1n) is 8.01. The monoisotopic (exact) mass is 329 g/mol. The molecule has 6 nitrogen and oxygen atoms in total. The highest BCUT2D eigenvalue weighted by molar-refractivity contribution is 5.75.